The predicted molar refractivity (Wildman–Crippen MR) is 108 cm³/mol. The molecule has 0 atom stereocenters. The SMILES string of the molecule is CCCCc1ccc(NC(=S)N(C)CC(=O)N2CCN(C)CC2)cc1. The molecule has 0 unspecified atom stereocenters. The van der Waals surface area contributed by atoms with E-state index in [1.165, 1.54) is 18.4 Å². The van der Waals surface area contributed by atoms with Crippen molar-refractivity contribution in [3.05, 3.63) is 29.8 Å². The number of nitrogens with one attached hydrogen (secondary N) is 1. The van der Waals surface area contributed by atoms with Gasteiger partial charge >= 0.3 is 0 Å². The third-order valence-corrected chi connectivity index (χ3v) is 5.01. The Labute approximate surface area is 157 Å². The number of thiocarbonyl (C=S) groups is 1. The van der Waals surface area contributed by atoms with Crippen LogP contribution in [0.25, 0.3) is 0 Å². The molecule has 1 amide bonds. The fourth-order valence-corrected chi connectivity index (χ4v) is 2.97. The van der Waals surface area contributed by atoms with E-state index in [4.69, 9.17) is 12.2 Å². The Bertz CT molecular complexity index is 567. The quantitative estimate of drug-likeness (QED) is 0.787. The molecule has 0 saturated carbocycles. The Morgan fingerprint density at radius 3 is 2.44 bits per heavy atom. The highest BCUT2D eigenvalue weighted by atomic mass is 32.1. The van der Waals surface area contributed by atoms with Gasteiger partial charge in [-0.05, 0) is 49.8 Å². The molecule has 0 spiro atoms. The van der Waals surface area contributed by atoms with Crippen molar-refractivity contribution in [1.29, 1.82) is 0 Å². The van der Waals surface area contributed by atoms with E-state index in [-0.39, 0.29) is 5.91 Å². The van der Waals surface area contributed by atoms with Crippen LogP contribution in [0.1, 0.15) is 25.3 Å². The van der Waals surface area contributed by atoms with Crippen molar-refractivity contribution in [2.24, 2.45) is 0 Å². The van der Waals surface area contributed by atoms with Gasteiger partial charge < -0.3 is 20.0 Å². The minimum atomic E-state index is 0.134. The van der Waals surface area contributed by atoms with Crippen LogP contribution in [0.5, 0.6) is 0 Å². The number of nitrogens with zero attached hydrogens (tertiary/aromatic N) is 3. The van der Waals surface area contributed by atoms with Gasteiger partial charge in [-0.2, -0.15) is 0 Å². The van der Waals surface area contributed by atoms with Crippen LogP contribution in [0.2, 0.25) is 0 Å². The van der Waals surface area contributed by atoms with E-state index in [1.54, 1.807) is 4.90 Å². The summed E-state index contributed by atoms with van der Waals surface area (Å²) in [6, 6.07) is 8.37. The molecule has 1 aromatic carbocycles. The first-order valence-electron chi connectivity index (χ1n) is 9.07. The first-order valence-corrected chi connectivity index (χ1v) is 9.47. The first kappa shape index (κ1) is 19.7. The summed E-state index contributed by atoms with van der Waals surface area (Å²) in [6.45, 7) is 5.97. The molecule has 0 bridgehead atoms. The van der Waals surface area contributed by atoms with Gasteiger partial charge in [0, 0.05) is 38.9 Å². The predicted octanol–water partition coefficient (Wildman–Crippen LogP) is 2.43. The van der Waals surface area contributed by atoms with Gasteiger partial charge in [-0.15, -0.1) is 0 Å². The molecular weight excluding hydrogens is 332 g/mol. The maximum absolute atomic E-state index is 12.4. The smallest absolute Gasteiger partial charge is 0.242 e. The van der Waals surface area contributed by atoms with Gasteiger partial charge in [-0.25, -0.2) is 0 Å². The van der Waals surface area contributed by atoms with Gasteiger partial charge in [-0.3, -0.25) is 4.79 Å². The molecule has 0 radical (unpaired) electrons. The third-order valence-electron chi connectivity index (χ3n) is 4.60. The lowest BCUT2D eigenvalue weighted by molar-refractivity contribution is -0.132. The zero-order chi connectivity index (χ0) is 18.2. The monoisotopic (exact) mass is 362 g/mol. The summed E-state index contributed by atoms with van der Waals surface area (Å²) in [5, 5.41) is 3.79. The molecule has 0 aromatic heterocycles. The van der Waals surface area contributed by atoms with E-state index < -0.39 is 0 Å². The lowest BCUT2D eigenvalue weighted by Crippen LogP contribution is -2.50. The minimum Gasteiger partial charge on any atom is -0.343 e. The number of likely N-dealkylation sites (N-methyl/N-ethyl adjacent to an activating group) is 2. The normalized spacial score (nSPS) is 15.1. The number of benzene rings is 1. The lowest BCUT2D eigenvalue weighted by Gasteiger charge is -2.33. The van der Waals surface area contributed by atoms with E-state index in [0.717, 1.165) is 38.3 Å². The largest absolute Gasteiger partial charge is 0.343 e. The fraction of sp³-hybridized carbons (Fsp3) is 0.579. The Morgan fingerprint density at radius 1 is 1.20 bits per heavy atom. The van der Waals surface area contributed by atoms with Crippen LogP contribution >= 0.6 is 12.2 Å². The number of rotatable bonds is 6. The van der Waals surface area contributed by atoms with Gasteiger partial charge in [0.15, 0.2) is 5.11 Å². The summed E-state index contributed by atoms with van der Waals surface area (Å²) >= 11 is 5.44. The molecule has 138 valence electrons. The van der Waals surface area contributed by atoms with E-state index >= 15 is 0 Å². The zero-order valence-corrected chi connectivity index (χ0v) is 16.4. The molecule has 0 aliphatic carbocycles. The van der Waals surface area contributed by atoms with Crippen molar-refractivity contribution < 1.29 is 4.79 Å². The molecule has 25 heavy (non-hydrogen) atoms. The van der Waals surface area contributed by atoms with Gasteiger partial charge in [0.2, 0.25) is 5.91 Å². The highest BCUT2D eigenvalue weighted by molar-refractivity contribution is 7.80. The van der Waals surface area contributed by atoms with Crippen LogP contribution in [0.15, 0.2) is 24.3 Å². The molecule has 1 aromatic rings. The molecular formula is C19H30N4OS. The Balaban J connectivity index is 1.80. The van der Waals surface area contributed by atoms with Crippen molar-refractivity contribution >= 4 is 28.9 Å². The van der Waals surface area contributed by atoms with Crippen molar-refractivity contribution in [2.45, 2.75) is 26.2 Å². The number of hydrogen-bond donors (Lipinski definition) is 1. The van der Waals surface area contributed by atoms with E-state index in [0.29, 0.717) is 11.7 Å². The molecule has 2 rings (SSSR count). The average Bonchev–Trinajstić information content (AvgIpc) is 2.61. The van der Waals surface area contributed by atoms with Gasteiger partial charge in [0.05, 0.1) is 6.54 Å². The number of amides is 1. The minimum absolute atomic E-state index is 0.134. The first-order chi connectivity index (χ1) is 12.0. The van der Waals surface area contributed by atoms with Crippen molar-refractivity contribution in [3.63, 3.8) is 0 Å². The van der Waals surface area contributed by atoms with Gasteiger partial charge in [0.1, 0.15) is 0 Å². The zero-order valence-electron chi connectivity index (χ0n) is 15.6. The van der Waals surface area contributed by atoms with Gasteiger partial charge in [-0.1, -0.05) is 25.5 Å². The average molecular weight is 363 g/mol. The molecule has 1 N–H and O–H groups in total. The van der Waals surface area contributed by atoms with Crippen molar-refractivity contribution in [2.75, 3.05) is 52.1 Å². The molecule has 1 aliphatic heterocycles. The van der Waals surface area contributed by atoms with Gasteiger partial charge in [0.25, 0.3) is 0 Å². The number of aryl methyl sites for hydroxylation is 1. The maximum atomic E-state index is 12.4. The van der Waals surface area contributed by atoms with E-state index in [1.807, 2.05) is 24.1 Å². The van der Waals surface area contributed by atoms with Crippen LogP contribution < -0.4 is 5.32 Å². The molecule has 1 saturated heterocycles. The highest BCUT2D eigenvalue weighted by Crippen LogP contribution is 2.12. The summed E-state index contributed by atoms with van der Waals surface area (Å²) in [6.07, 6.45) is 3.53. The second-order valence-electron chi connectivity index (χ2n) is 6.77. The Kier molecular flexibility index (Phi) is 7.65. The van der Waals surface area contributed by atoms with Crippen LogP contribution in [0.4, 0.5) is 5.69 Å². The van der Waals surface area contributed by atoms with Crippen molar-refractivity contribution in [3.8, 4) is 0 Å². The fourth-order valence-electron chi connectivity index (χ4n) is 2.79. The number of hydrogen-bond acceptors (Lipinski definition) is 3. The molecule has 6 heteroatoms. The maximum Gasteiger partial charge on any atom is 0.242 e. The number of unbranched alkanes of at least 4 members (excludes halogenated alkanes) is 1. The van der Waals surface area contributed by atoms with Crippen LogP contribution in [-0.2, 0) is 11.2 Å². The standard InChI is InChI=1S/C19H30N4OS/c1-4-5-6-16-7-9-17(10-8-16)20-19(25)22(3)15-18(24)23-13-11-21(2)12-14-23/h7-10H,4-6,11-15H2,1-3H3,(H,20,25). The molecule has 1 aliphatic rings. The Morgan fingerprint density at radius 2 is 1.84 bits per heavy atom. The van der Waals surface area contributed by atoms with Crippen LogP contribution in [0.3, 0.4) is 0 Å². The van der Waals surface area contributed by atoms with Crippen LogP contribution in [0, 0.1) is 0 Å². The molecule has 5 nitrogen and oxygen atoms in total. The number of piperazine rings is 1. The van der Waals surface area contributed by atoms with E-state index in [2.05, 4.69) is 36.3 Å². The third kappa shape index (κ3) is 6.29. The summed E-state index contributed by atoms with van der Waals surface area (Å²) in [5.41, 5.74) is 2.31. The summed E-state index contributed by atoms with van der Waals surface area (Å²) < 4.78 is 0. The molecule has 1 heterocycles. The highest BCUT2D eigenvalue weighted by Gasteiger charge is 2.20. The summed E-state index contributed by atoms with van der Waals surface area (Å²) in [5.74, 6) is 0.134. The lowest BCUT2D eigenvalue weighted by atomic mass is 10.1. The number of anilines is 1. The van der Waals surface area contributed by atoms with E-state index in [9.17, 15) is 4.79 Å². The summed E-state index contributed by atoms with van der Waals surface area (Å²) in [4.78, 5) is 18.4. The second kappa shape index (κ2) is 9.73. The van der Waals surface area contributed by atoms with Crippen molar-refractivity contribution in [1.82, 2.24) is 14.7 Å². The number of carbonyl (C=O) groups is 1. The number of carbonyl (C=O) groups excluding carboxylic acids is 1. The topological polar surface area (TPSA) is 38.8 Å². The Hall–Kier alpha value is -1.66. The second-order valence-corrected chi connectivity index (χ2v) is 7.16. The summed E-state index contributed by atoms with van der Waals surface area (Å²) in [7, 11) is 3.94. The molecule has 1 fully saturated rings. The van der Waals surface area contributed by atoms with Crippen LogP contribution in [-0.4, -0.2) is 72.5 Å².